The van der Waals surface area contributed by atoms with Gasteiger partial charge < -0.3 is 9.64 Å². The lowest BCUT2D eigenvalue weighted by atomic mass is 10.2. The van der Waals surface area contributed by atoms with Gasteiger partial charge in [-0.15, -0.1) is 0 Å². The molecule has 0 spiro atoms. The number of rotatable bonds is 6. The summed E-state index contributed by atoms with van der Waals surface area (Å²) in [6.07, 6.45) is 0.346. The van der Waals surface area contributed by atoms with Crippen LogP contribution in [0.4, 0.5) is 10.1 Å². The van der Waals surface area contributed by atoms with Crippen molar-refractivity contribution < 1.29 is 13.9 Å². The molecule has 0 saturated carbocycles. The van der Waals surface area contributed by atoms with Gasteiger partial charge in [0.05, 0.1) is 13.0 Å². The summed E-state index contributed by atoms with van der Waals surface area (Å²) in [5.74, 6) is -0.455. The first kappa shape index (κ1) is 13.5. The molecule has 0 saturated heterocycles. The van der Waals surface area contributed by atoms with E-state index in [4.69, 9.17) is 4.74 Å². The Morgan fingerprint density at radius 2 is 1.94 bits per heavy atom. The predicted molar refractivity (Wildman–Crippen MR) is 65.5 cm³/mol. The zero-order valence-electron chi connectivity index (χ0n) is 10.3. The molecule has 0 aliphatic carbocycles. The first-order valence-electron chi connectivity index (χ1n) is 5.83. The second-order valence-corrected chi connectivity index (χ2v) is 3.61. The maximum atomic E-state index is 12.8. The second kappa shape index (κ2) is 6.89. The number of hydrogen-bond donors (Lipinski definition) is 0. The molecule has 0 bridgehead atoms. The van der Waals surface area contributed by atoms with Crippen molar-refractivity contribution in [2.75, 3.05) is 24.6 Å². The van der Waals surface area contributed by atoms with Gasteiger partial charge in [-0.05, 0) is 38.1 Å². The van der Waals surface area contributed by atoms with Crippen LogP contribution in [0.15, 0.2) is 24.3 Å². The SMILES string of the molecule is CCOC(=O)CCN(CC)c1ccc(F)cc1. The van der Waals surface area contributed by atoms with Crippen LogP contribution in [0, 0.1) is 5.82 Å². The molecule has 1 aromatic carbocycles. The van der Waals surface area contributed by atoms with Gasteiger partial charge in [-0.3, -0.25) is 4.79 Å². The third-order valence-electron chi connectivity index (χ3n) is 2.46. The van der Waals surface area contributed by atoms with Gasteiger partial charge in [0.25, 0.3) is 0 Å². The number of carbonyl (C=O) groups excluding carboxylic acids is 1. The Hall–Kier alpha value is -1.58. The third kappa shape index (κ3) is 4.43. The molecule has 0 heterocycles. The first-order chi connectivity index (χ1) is 8.17. The van der Waals surface area contributed by atoms with Crippen molar-refractivity contribution in [3.8, 4) is 0 Å². The maximum absolute atomic E-state index is 12.8. The van der Waals surface area contributed by atoms with Gasteiger partial charge in [-0.1, -0.05) is 0 Å². The van der Waals surface area contributed by atoms with Gasteiger partial charge in [0.1, 0.15) is 5.82 Å². The molecule has 0 radical (unpaired) electrons. The van der Waals surface area contributed by atoms with Crippen molar-refractivity contribution in [3.63, 3.8) is 0 Å². The average Bonchev–Trinajstić information content (AvgIpc) is 2.32. The summed E-state index contributed by atoms with van der Waals surface area (Å²) in [4.78, 5) is 13.3. The molecule has 0 atom stereocenters. The summed E-state index contributed by atoms with van der Waals surface area (Å²) < 4.78 is 17.6. The van der Waals surface area contributed by atoms with Crippen LogP contribution in [0.2, 0.25) is 0 Å². The van der Waals surface area contributed by atoms with Crippen LogP contribution in [0.5, 0.6) is 0 Å². The number of ether oxygens (including phenoxy) is 1. The highest BCUT2D eigenvalue weighted by molar-refractivity contribution is 5.70. The van der Waals surface area contributed by atoms with E-state index >= 15 is 0 Å². The van der Waals surface area contributed by atoms with E-state index in [2.05, 4.69) is 0 Å². The molecule has 1 aromatic rings. The molecular weight excluding hydrogens is 221 g/mol. The highest BCUT2D eigenvalue weighted by atomic mass is 19.1. The van der Waals surface area contributed by atoms with Gasteiger partial charge in [-0.2, -0.15) is 0 Å². The third-order valence-corrected chi connectivity index (χ3v) is 2.46. The maximum Gasteiger partial charge on any atom is 0.307 e. The Morgan fingerprint density at radius 3 is 2.47 bits per heavy atom. The zero-order chi connectivity index (χ0) is 12.7. The van der Waals surface area contributed by atoms with Gasteiger partial charge in [0.2, 0.25) is 0 Å². The molecule has 0 aromatic heterocycles. The summed E-state index contributed by atoms with van der Waals surface area (Å²) in [5, 5.41) is 0. The topological polar surface area (TPSA) is 29.5 Å². The van der Waals surface area contributed by atoms with Gasteiger partial charge in [-0.25, -0.2) is 4.39 Å². The number of halogens is 1. The molecule has 4 heteroatoms. The van der Waals surface area contributed by atoms with Crippen molar-refractivity contribution in [3.05, 3.63) is 30.1 Å². The van der Waals surface area contributed by atoms with Crippen molar-refractivity contribution in [2.24, 2.45) is 0 Å². The van der Waals surface area contributed by atoms with E-state index in [9.17, 15) is 9.18 Å². The van der Waals surface area contributed by atoms with Crippen LogP contribution in [0.3, 0.4) is 0 Å². The van der Waals surface area contributed by atoms with E-state index in [-0.39, 0.29) is 11.8 Å². The average molecular weight is 239 g/mol. The number of benzene rings is 1. The van der Waals surface area contributed by atoms with E-state index in [0.29, 0.717) is 19.6 Å². The Bertz CT molecular complexity index is 351. The highest BCUT2D eigenvalue weighted by Crippen LogP contribution is 2.14. The molecule has 0 fully saturated rings. The van der Waals surface area contributed by atoms with E-state index in [1.54, 1.807) is 19.1 Å². The minimum absolute atomic E-state index is 0.201. The lowest BCUT2D eigenvalue weighted by Crippen LogP contribution is -2.26. The number of esters is 1. The molecular formula is C13H18FNO2. The number of anilines is 1. The number of nitrogens with zero attached hydrogens (tertiary/aromatic N) is 1. The van der Waals surface area contributed by atoms with Crippen LogP contribution in [0.1, 0.15) is 20.3 Å². The summed E-state index contributed by atoms with van der Waals surface area (Å²) in [6.45, 7) is 5.54. The molecule has 0 N–H and O–H groups in total. The van der Waals surface area contributed by atoms with E-state index in [0.717, 1.165) is 12.2 Å². The lowest BCUT2D eigenvalue weighted by molar-refractivity contribution is -0.142. The van der Waals surface area contributed by atoms with Crippen LogP contribution in [-0.2, 0) is 9.53 Å². The Kier molecular flexibility index (Phi) is 5.46. The van der Waals surface area contributed by atoms with Crippen molar-refractivity contribution in [1.82, 2.24) is 0 Å². The fraction of sp³-hybridized carbons (Fsp3) is 0.462. The van der Waals surface area contributed by atoms with Crippen molar-refractivity contribution >= 4 is 11.7 Å². The molecule has 0 amide bonds. The van der Waals surface area contributed by atoms with Gasteiger partial charge >= 0.3 is 5.97 Å². The van der Waals surface area contributed by atoms with Crippen LogP contribution in [-0.4, -0.2) is 25.7 Å². The van der Waals surface area contributed by atoms with Crippen LogP contribution < -0.4 is 4.90 Å². The Labute approximate surface area is 101 Å². The molecule has 0 unspecified atom stereocenters. The smallest absolute Gasteiger partial charge is 0.307 e. The minimum Gasteiger partial charge on any atom is -0.466 e. The zero-order valence-corrected chi connectivity index (χ0v) is 10.3. The lowest BCUT2D eigenvalue weighted by Gasteiger charge is -2.22. The number of carbonyl (C=O) groups is 1. The Balaban J connectivity index is 2.54. The highest BCUT2D eigenvalue weighted by Gasteiger charge is 2.08. The normalized spacial score (nSPS) is 10.1. The molecule has 0 aliphatic heterocycles. The minimum atomic E-state index is -0.254. The first-order valence-corrected chi connectivity index (χ1v) is 5.83. The standard InChI is InChI=1S/C13H18FNO2/c1-3-15(10-9-13(16)17-4-2)12-7-5-11(14)6-8-12/h5-8H,3-4,9-10H2,1-2H3. The van der Waals surface area contributed by atoms with E-state index in [1.165, 1.54) is 12.1 Å². The monoisotopic (exact) mass is 239 g/mol. The van der Waals surface area contributed by atoms with Crippen LogP contribution in [0.25, 0.3) is 0 Å². The van der Waals surface area contributed by atoms with E-state index in [1.807, 2.05) is 11.8 Å². The van der Waals surface area contributed by atoms with Crippen molar-refractivity contribution in [1.29, 1.82) is 0 Å². The Morgan fingerprint density at radius 1 is 1.29 bits per heavy atom. The predicted octanol–water partition coefficient (Wildman–Crippen LogP) is 2.61. The van der Waals surface area contributed by atoms with Crippen LogP contribution >= 0.6 is 0 Å². The molecule has 1 rings (SSSR count). The largest absolute Gasteiger partial charge is 0.466 e. The molecule has 94 valence electrons. The van der Waals surface area contributed by atoms with Crippen molar-refractivity contribution in [2.45, 2.75) is 20.3 Å². The summed E-state index contributed by atoms with van der Waals surface area (Å²) in [6, 6.07) is 6.26. The van der Waals surface area contributed by atoms with Gasteiger partial charge in [0.15, 0.2) is 0 Å². The molecule has 3 nitrogen and oxygen atoms in total. The summed E-state index contributed by atoms with van der Waals surface area (Å²) >= 11 is 0. The summed E-state index contributed by atoms with van der Waals surface area (Å²) in [5.41, 5.74) is 0.915. The number of hydrogen-bond acceptors (Lipinski definition) is 3. The van der Waals surface area contributed by atoms with Gasteiger partial charge in [0, 0.05) is 18.8 Å². The molecule has 0 aliphatic rings. The summed E-state index contributed by atoms with van der Waals surface area (Å²) in [7, 11) is 0. The molecule has 17 heavy (non-hydrogen) atoms. The van der Waals surface area contributed by atoms with E-state index < -0.39 is 0 Å². The second-order valence-electron chi connectivity index (χ2n) is 3.61. The fourth-order valence-corrected chi connectivity index (χ4v) is 1.58. The fourth-order valence-electron chi connectivity index (χ4n) is 1.58. The quantitative estimate of drug-likeness (QED) is 0.715.